The maximum absolute atomic E-state index is 5.90. The summed E-state index contributed by atoms with van der Waals surface area (Å²) in [7, 11) is 5.90. The molecule has 0 aliphatic rings. The van der Waals surface area contributed by atoms with Gasteiger partial charge in [0.25, 0.3) is 0 Å². The van der Waals surface area contributed by atoms with E-state index in [0.29, 0.717) is 0 Å². The molecule has 0 bridgehead atoms. The number of hydrogen-bond acceptors (Lipinski definition) is 1. The molecule has 0 amide bonds. The second-order valence-electron chi connectivity index (χ2n) is 3.21. The van der Waals surface area contributed by atoms with E-state index >= 15 is 0 Å². The lowest BCUT2D eigenvalue weighted by atomic mass is 9.94. The lowest BCUT2D eigenvalue weighted by Gasteiger charge is -1.97. The third-order valence-electron chi connectivity index (χ3n) is 2.40. The molecule has 0 fully saturated rings. The van der Waals surface area contributed by atoms with E-state index in [9.17, 15) is 0 Å². The van der Waals surface area contributed by atoms with Crippen molar-refractivity contribution < 1.29 is 0 Å². The first-order valence-electron chi connectivity index (χ1n) is 4.50. The van der Waals surface area contributed by atoms with Crippen molar-refractivity contribution in [2.24, 2.45) is 0 Å². The predicted molar refractivity (Wildman–Crippen MR) is 61.3 cm³/mol. The largest absolute Gasteiger partial charge is 0.141 e. The number of fused-ring (bicyclic) bond motifs is 1. The predicted octanol–water partition coefficient (Wildman–Crippen LogP) is 2.57. The molecule has 2 radical (unpaired) electrons. The molecule has 2 heteroatoms. The summed E-state index contributed by atoms with van der Waals surface area (Å²) in [5.41, 5.74) is 2.36. The van der Waals surface area contributed by atoms with Crippen LogP contribution in [-0.2, 0) is 6.42 Å². The minimum Gasteiger partial charge on any atom is -0.141 e. The molecular weight excluding hydrogens is 175 g/mol. The van der Waals surface area contributed by atoms with Gasteiger partial charge < -0.3 is 0 Å². The molecule has 1 heterocycles. The summed E-state index contributed by atoms with van der Waals surface area (Å²) in [6.45, 7) is 4.36. The zero-order chi connectivity index (χ0) is 9.42. The minimum atomic E-state index is 0.908. The highest BCUT2D eigenvalue weighted by Crippen LogP contribution is 2.29. The van der Waals surface area contributed by atoms with Gasteiger partial charge in [-0.1, -0.05) is 30.6 Å². The van der Waals surface area contributed by atoms with Crippen molar-refractivity contribution in [1.29, 1.82) is 0 Å². The summed E-state index contributed by atoms with van der Waals surface area (Å²) >= 11 is 1.80. The molecule has 0 unspecified atom stereocenters. The molecule has 13 heavy (non-hydrogen) atoms. The van der Waals surface area contributed by atoms with E-state index in [1.165, 1.54) is 20.5 Å². The lowest BCUT2D eigenvalue weighted by Crippen LogP contribution is -2.00. The summed E-state index contributed by atoms with van der Waals surface area (Å²) in [6.07, 6.45) is 1.09. The Hall–Kier alpha value is -0.755. The highest BCUT2D eigenvalue weighted by Gasteiger charge is 2.07. The van der Waals surface area contributed by atoms with Gasteiger partial charge in [-0.2, -0.15) is 0 Å². The first-order valence-corrected chi connectivity index (χ1v) is 5.32. The molecule has 0 saturated carbocycles. The molecule has 0 nitrogen and oxygen atoms in total. The van der Waals surface area contributed by atoms with Gasteiger partial charge in [-0.05, 0) is 24.3 Å². The first-order chi connectivity index (χ1) is 6.24. The van der Waals surface area contributed by atoms with Crippen molar-refractivity contribution in [1.82, 2.24) is 0 Å². The van der Waals surface area contributed by atoms with Crippen LogP contribution in [0.3, 0.4) is 0 Å². The van der Waals surface area contributed by atoms with Gasteiger partial charge >= 0.3 is 0 Å². The van der Waals surface area contributed by atoms with Gasteiger partial charge in [0, 0.05) is 9.58 Å². The van der Waals surface area contributed by atoms with Crippen LogP contribution in [0.1, 0.15) is 17.4 Å². The van der Waals surface area contributed by atoms with Crippen LogP contribution in [-0.4, -0.2) is 7.85 Å². The van der Waals surface area contributed by atoms with E-state index in [2.05, 4.69) is 19.9 Å². The fourth-order valence-corrected chi connectivity index (χ4v) is 2.92. The van der Waals surface area contributed by atoms with Crippen LogP contribution < -0.4 is 5.46 Å². The van der Waals surface area contributed by atoms with Crippen molar-refractivity contribution in [2.45, 2.75) is 20.3 Å². The minimum absolute atomic E-state index is 0.908. The third-order valence-corrected chi connectivity index (χ3v) is 3.62. The normalized spacial score (nSPS) is 10.9. The van der Waals surface area contributed by atoms with Crippen molar-refractivity contribution in [3.05, 3.63) is 28.6 Å². The quantitative estimate of drug-likeness (QED) is 0.600. The van der Waals surface area contributed by atoms with E-state index in [1.807, 2.05) is 12.1 Å². The molecule has 0 spiro atoms. The Bertz CT molecular complexity index is 443. The average molecular weight is 186 g/mol. The van der Waals surface area contributed by atoms with Gasteiger partial charge in [0.2, 0.25) is 0 Å². The maximum Gasteiger partial charge on any atom is 0.115 e. The Morgan fingerprint density at radius 2 is 2.15 bits per heavy atom. The standard InChI is InChI=1S/C11H11BS/c1-3-8-7(2)13-11-9(8)5-4-6-10(11)12/h4-6H,3H2,1-2H3. The summed E-state index contributed by atoms with van der Waals surface area (Å²) < 4.78 is 1.25. The smallest absolute Gasteiger partial charge is 0.115 e. The van der Waals surface area contributed by atoms with E-state index in [-0.39, 0.29) is 0 Å². The summed E-state index contributed by atoms with van der Waals surface area (Å²) in [4.78, 5) is 1.40. The number of aryl methyl sites for hydroxylation is 2. The molecule has 1 aromatic carbocycles. The first kappa shape index (κ1) is 8.83. The van der Waals surface area contributed by atoms with Gasteiger partial charge in [0.1, 0.15) is 7.85 Å². The Labute approximate surface area is 84.0 Å². The van der Waals surface area contributed by atoms with Crippen molar-refractivity contribution >= 4 is 34.7 Å². The Morgan fingerprint density at radius 3 is 2.85 bits per heavy atom. The van der Waals surface area contributed by atoms with Crippen LogP contribution in [0, 0.1) is 6.92 Å². The van der Waals surface area contributed by atoms with Crippen molar-refractivity contribution in [2.75, 3.05) is 0 Å². The second kappa shape index (κ2) is 3.19. The lowest BCUT2D eigenvalue weighted by molar-refractivity contribution is 1.15. The molecule has 0 N–H and O–H groups in total. The number of rotatable bonds is 1. The molecule has 0 aliphatic carbocycles. The molecule has 0 aliphatic heterocycles. The fraction of sp³-hybridized carbons (Fsp3) is 0.273. The molecule has 64 valence electrons. The Morgan fingerprint density at radius 1 is 1.38 bits per heavy atom. The van der Waals surface area contributed by atoms with Gasteiger partial charge in [-0.3, -0.25) is 0 Å². The van der Waals surface area contributed by atoms with E-state index in [0.717, 1.165) is 11.9 Å². The number of hydrogen-bond donors (Lipinski definition) is 0. The van der Waals surface area contributed by atoms with Crippen molar-refractivity contribution in [3.63, 3.8) is 0 Å². The molecule has 1 aromatic heterocycles. The van der Waals surface area contributed by atoms with Crippen LogP contribution in [0.15, 0.2) is 18.2 Å². The summed E-state index contributed by atoms with van der Waals surface area (Å²) in [5, 5.41) is 1.34. The summed E-state index contributed by atoms with van der Waals surface area (Å²) in [5.74, 6) is 0. The van der Waals surface area contributed by atoms with Gasteiger partial charge in [0.15, 0.2) is 0 Å². The topological polar surface area (TPSA) is 0 Å². The maximum atomic E-state index is 5.90. The van der Waals surface area contributed by atoms with Crippen LogP contribution in [0.25, 0.3) is 10.1 Å². The summed E-state index contributed by atoms with van der Waals surface area (Å²) in [6, 6.07) is 6.16. The SMILES string of the molecule is [B]c1cccc2c(CC)c(C)sc12. The number of thiophene rings is 1. The zero-order valence-electron chi connectivity index (χ0n) is 7.92. The molecular formula is C11H11BS. The highest BCUT2D eigenvalue weighted by molar-refractivity contribution is 7.20. The molecule has 2 rings (SSSR count). The average Bonchev–Trinajstić information content (AvgIpc) is 2.43. The number of benzene rings is 1. The van der Waals surface area contributed by atoms with Crippen LogP contribution in [0.2, 0.25) is 0 Å². The monoisotopic (exact) mass is 186 g/mol. The van der Waals surface area contributed by atoms with Gasteiger partial charge in [0.05, 0.1) is 0 Å². The van der Waals surface area contributed by atoms with E-state index < -0.39 is 0 Å². The molecule has 2 aromatic rings. The fourth-order valence-electron chi connectivity index (χ4n) is 1.75. The Kier molecular flexibility index (Phi) is 2.16. The van der Waals surface area contributed by atoms with Crippen LogP contribution in [0.4, 0.5) is 0 Å². The molecule has 0 atom stereocenters. The zero-order valence-corrected chi connectivity index (χ0v) is 8.74. The van der Waals surface area contributed by atoms with Crippen LogP contribution >= 0.6 is 11.3 Å². The van der Waals surface area contributed by atoms with Crippen LogP contribution in [0.5, 0.6) is 0 Å². The second-order valence-corrected chi connectivity index (χ2v) is 4.44. The van der Waals surface area contributed by atoms with E-state index in [4.69, 9.17) is 7.85 Å². The van der Waals surface area contributed by atoms with Gasteiger partial charge in [-0.25, -0.2) is 0 Å². The molecule has 0 saturated heterocycles. The van der Waals surface area contributed by atoms with Gasteiger partial charge in [-0.15, -0.1) is 11.3 Å². The Balaban J connectivity index is 2.86. The van der Waals surface area contributed by atoms with E-state index in [1.54, 1.807) is 11.3 Å². The van der Waals surface area contributed by atoms with Crippen molar-refractivity contribution in [3.8, 4) is 0 Å². The highest BCUT2D eigenvalue weighted by atomic mass is 32.1. The third kappa shape index (κ3) is 1.29.